The lowest BCUT2D eigenvalue weighted by molar-refractivity contribution is -0.162. The zero-order valence-electron chi connectivity index (χ0n) is 9.91. The number of rotatable bonds is 5. The average Bonchev–Trinajstić information content (AvgIpc) is 2.96. The van der Waals surface area contributed by atoms with Crippen LogP contribution in [0.4, 0.5) is 0 Å². The molecule has 3 unspecified atom stereocenters. The molecule has 1 aliphatic carbocycles. The van der Waals surface area contributed by atoms with E-state index < -0.39 is 0 Å². The van der Waals surface area contributed by atoms with Crippen LogP contribution in [0.25, 0.3) is 0 Å². The van der Waals surface area contributed by atoms with E-state index in [1.54, 1.807) is 0 Å². The minimum Gasteiger partial charge on any atom is -0.459 e. The lowest BCUT2D eigenvalue weighted by Crippen LogP contribution is -2.39. The number of carbonyl (C=O) groups excluding carboxylic acids is 1. The van der Waals surface area contributed by atoms with Crippen molar-refractivity contribution in [3.8, 4) is 0 Å². The Morgan fingerprint density at radius 2 is 2.44 bits per heavy atom. The Hall–Kier alpha value is -0.830. The summed E-state index contributed by atoms with van der Waals surface area (Å²) in [6, 6.07) is 0. The summed E-state index contributed by atoms with van der Waals surface area (Å²) in [5.74, 6) is -0.0801. The molecule has 0 aromatic carbocycles. The maximum Gasteiger partial charge on any atom is 0.306 e. The molecule has 16 heavy (non-hydrogen) atoms. The second kappa shape index (κ2) is 4.58. The number of hydrogen-bond donors (Lipinski definition) is 0. The van der Waals surface area contributed by atoms with Crippen molar-refractivity contribution in [2.45, 2.75) is 63.3 Å². The van der Waals surface area contributed by atoms with Gasteiger partial charge in [0.05, 0.1) is 12.2 Å². The molecule has 1 saturated carbocycles. The monoisotopic (exact) mass is 224 g/mol. The van der Waals surface area contributed by atoms with E-state index in [0.29, 0.717) is 18.6 Å². The standard InChI is InChI=1S/C13H20O3/c1-3-5-12(14)16-13(7-4-2)8-6-10-11(9-13)15-10/h4,10-11H,2-3,5-9H2,1H3. The van der Waals surface area contributed by atoms with Crippen LogP contribution in [0.1, 0.15) is 45.4 Å². The largest absolute Gasteiger partial charge is 0.459 e. The van der Waals surface area contributed by atoms with Gasteiger partial charge in [0.25, 0.3) is 0 Å². The maximum atomic E-state index is 11.6. The summed E-state index contributed by atoms with van der Waals surface area (Å²) in [5.41, 5.74) is -0.328. The van der Waals surface area contributed by atoms with Gasteiger partial charge in [-0.05, 0) is 19.3 Å². The van der Waals surface area contributed by atoms with Crippen LogP contribution in [-0.2, 0) is 14.3 Å². The number of carbonyl (C=O) groups is 1. The van der Waals surface area contributed by atoms with Crippen molar-refractivity contribution in [1.29, 1.82) is 0 Å². The second-order valence-corrected chi connectivity index (χ2v) is 4.86. The fourth-order valence-electron chi connectivity index (χ4n) is 2.57. The van der Waals surface area contributed by atoms with Gasteiger partial charge in [-0.25, -0.2) is 0 Å². The summed E-state index contributed by atoms with van der Waals surface area (Å²) < 4.78 is 11.2. The van der Waals surface area contributed by atoms with Gasteiger partial charge in [-0.15, -0.1) is 6.58 Å². The molecule has 0 aromatic rings. The zero-order chi connectivity index (χ0) is 11.6. The fourth-order valence-corrected chi connectivity index (χ4v) is 2.57. The van der Waals surface area contributed by atoms with E-state index in [-0.39, 0.29) is 11.6 Å². The van der Waals surface area contributed by atoms with Gasteiger partial charge in [-0.3, -0.25) is 4.79 Å². The topological polar surface area (TPSA) is 38.8 Å². The van der Waals surface area contributed by atoms with Crippen LogP contribution in [0.2, 0.25) is 0 Å². The van der Waals surface area contributed by atoms with Crippen LogP contribution in [0.5, 0.6) is 0 Å². The summed E-state index contributed by atoms with van der Waals surface area (Å²) >= 11 is 0. The first kappa shape index (κ1) is 11.6. The Morgan fingerprint density at radius 1 is 1.62 bits per heavy atom. The summed E-state index contributed by atoms with van der Waals surface area (Å²) in [6.07, 6.45) is 7.47. The van der Waals surface area contributed by atoms with E-state index in [0.717, 1.165) is 32.1 Å². The minimum atomic E-state index is -0.328. The van der Waals surface area contributed by atoms with Crippen molar-refractivity contribution < 1.29 is 14.3 Å². The summed E-state index contributed by atoms with van der Waals surface area (Å²) in [6.45, 7) is 5.75. The normalized spacial score (nSPS) is 36.3. The third kappa shape index (κ3) is 2.46. The molecule has 0 N–H and O–H groups in total. The van der Waals surface area contributed by atoms with Crippen molar-refractivity contribution >= 4 is 5.97 Å². The molecule has 1 aliphatic heterocycles. The van der Waals surface area contributed by atoms with Crippen molar-refractivity contribution in [2.24, 2.45) is 0 Å². The van der Waals surface area contributed by atoms with Crippen molar-refractivity contribution in [1.82, 2.24) is 0 Å². The van der Waals surface area contributed by atoms with Crippen LogP contribution in [-0.4, -0.2) is 23.8 Å². The quantitative estimate of drug-likeness (QED) is 0.409. The first-order chi connectivity index (χ1) is 7.69. The Balaban J connectivity index is 1.97. The third-order valence-electron chi connectivity index (χ3n) is 3.45. The van der Waals surface area contributed by atoms with Gasteiger partial charge in [0, 0.05) is 19.3 Å². The second-order valence-electron chi connectivity index (χ2n) is 4.86. The average molecular weight is 224 g/mol. The Kier molecular flexibility index (Phi) is 3.33. The van der Waals surface area contributed by atoms with E-state index >= 15 is 0 Å². The maximum absolute atomic E-state index is 11.6. The predicted octanol–water partition coefficient (Wildman–Crippen LogP) is 2.60. The smallest absolute Gasteiger partial charge is 0.306 e. The van der Waals surface area contributed by atoms with Crippen molar-refractivity contribution in [3.63, 3.8) is 0 Å². The summed E-state index contributed by atoms with van der Waals surface area (Å²) in [5, 5.41) is 0. The van der Waals surface area contributed by atoms with Gasteiger partial charge in [-0.1, -0.05) is 13.0 Å². The van der Waals surface area contributed by atoms with Crippen molar-refractivity contribution in [3.05, 3.63) is 12.7 Å². The fraction of sp³-hybridized carbons (Fsp3) is 0.769. The summed E-state index contributed by atoms with van der Waals surface area (Å²) in [7, 11) is 0. The first-order valence-electron chi connectivity index (χ1n) is 6.17. The number of hydrogen-bond acceptors (Lipinski definition) is 3. The molecule has 1 saturated heterocycles. The van der Waals surface area contributed by atoms with Gasteiger partial charge in [-0.2, -0.15) is 0 Å². The number of ether oxygens (including phenoxy) is 2. The Morgan fingerprint density at radius 3 is 3.06 bits per heavy atom. The van der Waals surface area contributed by atoms with E-state index in [2.05, 4.69) is 6.58 Å². The lowest BCUT2D eigenvalue weighted by atomic mass is 9.82. The van der Waals surface area contributed by atoms with Gasteiger partial charge in [0.1, 0.15) is 5.60 Å². The van der Waals surface area contributed by atoms with Gasteiger partial charge < -0.3 is 9.47 Å². The minimum absolute atomic E-state index is 0.0801. The molecule has 2 aliphatic rings. The van der Waals surface area contributed by atoms with E-state index in [1.165, 1.54) is 0 Å². The van der Waals surface area contributed by atoms with Gasteiger partial charge in [0.2, 0.25) is 0 Å². The molecule has 3 heteroatoms. The van der Waals surface area contributed by atoms with Crippen LogP contribution in [0, 0.1) is 0 Å². The SMILES string of the molecule is C=CCC1(OC(=O)CCC)CCC2OC2C1. The molecule has 0 aromatic heterocycles. The van der Waals surface area contributed by atoms with E-state index in [1.807, 2.05) is 13.0 Å². The first-order valence-corrected chi connectivity index (χ1v) is 6.17. The third-order valence-corrected chi connectivity index (χ3v) is 3.45. The van der Waals surface area contributed by atoms with E-state index in [4.69, 9.17) is 9.47 Å². The molecule has 3 nitrogen and oxygen atoms in total. The highest BCUT2D eigenvalue weighted by molar-refractivity contribution is 5.69. The van der Waals surface area contributed by atoms with Crippen LogP contribution < -0.4 is 0 Å². The molecule has 2 fully saturated rings. The molecule has 90 valence electrons. The Labute approximate surface area is 96.8 Å². The molecule has 2 rings (SSSR count). The molecule has 1 heterocycles. The number of fused-ring (bicyclic) bond motifs is 1. The predicted molar refractivity (Wildman–Crippen MR) is 61.1 cm³/mol. The highest BCUT2D eigenvalue weighted by atomic mass is 16.6. The molecule has 0 radical (unpaired) electrons. The molecule has 0 amide bonds. The van der Waals surface area contributed by atoms with Gasteiger partial charge in [0.15, 0.2) is 0 Å². The van der Waals surface area contributed by atoms with E-state index in [9.17, 15) is 4.79 Å². The van der Waals surface area contributed by atoms with Gasteiger partial charge >= 0.3 is 5.97 Å². The number of esters is 1. The highest BCUT2D eigenvalue weighted by Gasteiger charge is 2.51. The summed E-state index contributed by atoms with van der Waals surface area (Å²) in [4.78, 5) is 11.6. The molecule has 0 spiro atoms. The molecular weight excluding hydrogens is 204 g/mol. The van der Waals surface area contributed by atoms with Crippen molar-refractivity contribution in [2.75, 3.05) is 0 Å². The van der Waals surface area contributed by atoms with Crippen LogP contribution in [0.3, 0.4) is 0 Å². The number of epoxide rings is 1. The van der Waals surface area contributed by atoms with Crippen LogP contribution in [0.15, 0.2) is 12.7 Å². The molecule has 3 atom stereocenters. The molecular formula is C13H20O3. The Bertz CT molecular complexity index is 287. The highest BCUT2D eigenvalue weighted by Crippen LogP contribution is 2.45. The zero-order valence-corrected chi connectivity index (χ0v) is 9.91. The lowest BCUT2D eigenvalue weighted by Gasteiger charge is -2.34. The van der Waals surface area contributed by atoms with Crippen LogP contribution >= 0.6 is 0 Å². The molecule has 0 bridgehead atoms.